The minimum atomic E-state index is -0.939. The van der Waals surface area contributed by atoms with Gasteiger partial charge in [-0.05, 0) is 30.2 Å². The molecule has 1 fully saturated rings. The Morgan fingerprint density at radius 1 is 1.28 bits per heavy atom. The summed E-state index contributed by atoms with van der Waals surface area (Å²) in [6.45, 7) is 2.05. The van der Waals surface area contributed by atoms with Crippen LogP contribution in [0, 0.1) is 17.6 Å². The second-order valence-electron chi connectivity index (χ2n) is 6.11. The monoisotopic (exact) mass is 347 g/mol. The van der Waals surface area contributed by atoms with Crippen LogP contribution < -0.4 is 0 Å². The Balaban J connectivity index is 1.63. The number of hydrogen-bond acceptors (Lipinski definition) is 4. The molecule has 132 valence electrons. The fourth-order valence-electron chi connectivity index (χ4n) is 2.90. The van der Waals surface area contributed by atoms with Crippen LogP contribution in [0.5, 0.6) is 0 Å². The molecule has 1 unspecified atom stereocenters. The Morgan fingerprint density at radius 3 is 2.92 bits per heavy atom. The van der Waals surface area contributed by atoms with Crippen LogP contribution in [0.4, 0.5) is 8.78 Å². The van der Waals surface area contributed by atoms with Crippen LogP contribution in [-0.4, -0.2) is 47.1 Å². The molecular weight excluding hydrogens is 328 g/mol. The Kier molecular flexibility index (Phi) is 5.65. The van der Waals surface area contributed by atoms with Crippen LogP contribution in [0.15, 0.2) is 36.8 Å². The van der Waals surface area contributed by atoms with Gasteiger partial charge in [0.25, 0.3) is 0 Å². The summed E-state index contributed by atoms with van der Waals surface area (Å²) < 4.78 is 31.9. The molecule has 25 heavy (non-hydrogen) atoms. The molecule has 1 atom stereocenters. The lowest BCUT2D eigenvalue weighted by molar-refractivity contribution is -0.130. The molecule has 1 aromatic carbocycles. The van der Waals surface area contributed by atoms with Crippen molar-refractivity contribution in [2.75, 3.05) is 26.3 Å². The van der Waals surface area contributed by atoms with Crippen LogP contribution in [-0.2, 0) is 22.4 Å². The highest BCUT2D eigenvalue weighted by molar-refractivity contribution is 5.78. The molecule has 1 saturated heterocycles. The van der Waals surface area contributed by atoms with E-state index in [1.807, 2.05) is 6.07 Å². The Labute approximate surface area is 144 Å². The van der Waals surface area contributed by atoms with E-state index >= 15 is 0 Å². The van der Waals surface area contributed by atoms with Crippen molar-refractivity contribution < 1.29 is 18.3 Å². The summed E-state index contributed by atoms with van der Waals surface area (Å²) in [5, 5.41) is 0. The molecule has 0 radical (unpaired) electrons. The van der Waals surface area contributed by atoms with Crippen molar-refractivity contribution >= 4 is 5.91 Å². The molecule has 1 amide bonds. The highest BCUT2D eigenvalue weighted by Gasteiger charge is 2.23. The van der Waals surface area contributed by atoms with Crippen molar-refractivity contribution in [3.8, 4) is 0 Å². The smallest absolute Gasteiger partial charge is 0.227 e. The van der Waals surface area contributed by atoms with Gasteiger partial charge in [-0.3, -0.25) is 4.79 Å². The summed E-state index contributed by atoms with van der Waals surface area (Å²) in [5.41, 5.74) is 1.36. The van der Waals surface area contributed by atoms with Gasteiger partial charge in [0.05, 0.1) is 19.6 Å². The van der Waals surface area contributed by atoms with Gasteiger partial charge < -0.3 is 9.64 Å². The fourth-order valence-corrected chi connectivity index (χ4v) is 2.90. The van der Waals surface area contributed by atoms with Gasteiger partial charge in [-0.1, -0.05) is 6.07 Å². The van der Waals surface area contributed by atoms with E-state index in [9.17, 15) is 13.6 Å². The summed E-state index contributed by atoms with van der Waals surface area (Å²) in [4.78, 5) is 22.4. The average molecular weight is 347 g/mol. The lowest BCUT2D eigenvalue weighted by atomic mass is 10.0. The number of carbonyl (C=O) groups is 1. The van der Waals surface area contributed by atoms with Gasteiger partial charge in [0.2, 0.25) is 5.91 Å². The van der Waals surface area contributed by atoms with Gasteiger partial charge in [0.1, 0.15) is 6.33 Å². The zero-order valence-electron chi connectivity index (χ0n) is 13.7. The van der Waals surface area contributed by atoms with Gasteiger partial charge in [-0.25, -0.2) is 18.7 Å². The van der Waals surface area contributed by atoms with E-state index in [1.54, 1.807) is 11.1 Å². The van der Waals surface area contributed by atoms with E-state index in [2.05, 4.69) is 9.97 Å². The largest absolute Gasteiger partial charge is 0.379 e. The molecule has 0 spiro atoms. The number of amides is 1. The number of aromatic nitrogens is 2. The molecule has 0 N–H and O–H groups in total. The number of carbonyl (C=O) groups excluding carboxylic acids is 1. The second kappa shape index (κ2) is 8.11. The van der Waals surface area contributed by atoms with E-state index in [-0.39, 0.29) is 18.2 Å². The molecule has 1 aliphatic heterocycles. The van der Waals surface area contributed by atoms with Crippen molar-refractivity contribution in [3.05, 3.63) is 59.7 Å². The molecule has 1 aliphatic rings. The average Bonchev–Trinajstić information content (AvgIpc) is 2.85. The van der Waals surface area contributed by atoms with Crippen LogP contribution >= 0.6 is 0 Å². The maximum atomic E-state index is 13.3. The van der Waals surface area contributed by atoms with Gasteiger partial charge in [-0.15, -0.1) is 0 Å². The summed E-state index contributed by atoms with van der Waals surface area (Å²) in [5.74, 6) is -1.84. The Hall–Kier alpha value is -2.41. The summed E-state index contributed by atoms with van der Waals surface area (Å²) in [6.07, 6.45) is 3.92. The molecule has 0 saturated carbocycles. The Morgan fingerprint density at radius 2 is 2.16 bits per heavy atom. The number of nitrogens with zero attached hydrogens (tertiary/aromatic N) is 3. The van der Waals surface area contributed by atoms with E-state index < -0.39 is 11.6 Å². The first-order valence-corrected chi connectivity index (χ1v) is 8.16. The van der Waals surface area contributed by atoms with Gasteiger partial charge in [0, 0.05) is 30.9 Å². The summed E-state index contributed by atoms with van der Waals surface area (Å²) >= 11 is 0. The quantitative estimate of drug-likeness (QED) is 0.849. The SMILES string of the molecule is O=C(Cc1ccc(F)c(F)c1)N1CCOCC(Cc2ccncn2)C1. The van der Waals surface area contributed by atoms with Crippen molar-refractivity contribution in [2.45, 2.75) is 12.8 Å². The predicted octanol–water partition coefficient (Wildman–Crippen LogP) is 2.02. The molecular formula is C18H19F2N3O2. The van der Waals surface area contributed by atoms with Crippen molar-refractivity contribution in [1.82, 2.24) is 14.9 Å². The van der Waals surface area contributed by atoms with E-state index in [0.29, 0.717) is 38.3 Å². The number of halogens is 2. The van der Waals surface area contributed by atoms with E-state index in [0.717, 1.165) is 17.8 Å². The molecule has 2 aromatic rings. The molecule has 3 rings (SSSR count). The van der Waals surface area contributed by atoms with Gasteiger partial charge in [0.15, 0.2) is 11.6 Å². The summed E-state index contributed by atoms with van der Waals surface area (Å²) in [7, 11) is 0. The molecule has 0 aliphatic carbocycles. The standard InChI is InChI=1S/C18H19F2N3O2/c19-16-2-1-13(8-17(16)20)9-18(24)23-5-6-25-11-14(10-23)7-15-3-4-21-12-22-15/h1-4,8,12,14H,5-7,9-11H2. The molecule has 7 heteroatoms. The lowest BCUT2D eigenvalue weighted by Gasteiger charge is -2.23. The first-order chi connectivity index (χ1) is 12.1. The summed E-state index contributed by atoms with van der Waals surface area (Å²) in [6, 6.07) is 5.39. The minimum Gasteiger partial charge on any atom is -0.379 e. The van der Waals surface area contributed by atoms with E-state index in [1.165, 1.54) is 12.4 Å². The van der Waals surface area contributed by atoms with E-state index in [4.69, 9.17) is 4.74 Å². The highest BCUT2D eigenvalue weighted by Crippen LogP contribution is 2.15. The van der Waals surface area contributed by atoms with Crippen LogP contribution in [0.1, 0.15) is 11.3 Å². The molecule has 1 aromatic heterocycles. The number of benzene rings is 1. The molecule has 0 bridgehead atoms. The normalized spacial score (nSPS) is 18.0. The Bertz CT molecular complexity index is 728. The zero-order valence-corrected chi connectivity index (χ0v) is 13.7. The van der Waals surface area contributed by atoms with Crippen molar-refractivity contribution in [2.24, 2.45) is 5.92 Å². The fraction of sp³-hybridized carbons (Fsp3) is 0.389. The zero-order chi connectivity index (χ0) is 17.6. The van der Waals surface area contributed by atoms with Gasteiger partial charge in [-0.2, -0.15) is 0 Å². The maximum Gasteiger partial charge on any atom is 0.227 e. The number of rotatable bonds is 4. The van der Waals surface area contributed by atoms with Crippen molar-refractivity contribution in [1.29, 1.82) is 0 Å². The second-order valence-corrected chi connectivity index (χ2v) is 6.11. The van der Waals surface area contributed by atoms with Crippen LogP contribution in [0.2, 0.25) is 0 Å². The minimum absolute atomic E-state index is 0.0391. The third-order valence-corrected chi connectivity index (χ3v) is 4.17. The van der Waals surface area contributed by atoms with Crippen LogP contribution in [0.3, 0.4) is 0 Å². The predicted molar refractivity (Wildman–Crippen MR) is 86.7 cm³/mol. The third-order valence-electron chi connectivity index (χ3n) is 4.17. The maximum absolute atomic E-state index is 13.3. The first kappa shape index (κ1) is 17.4. The number of ether oxygens (including phenoxy) is 1. The lowest BCUT2D eigenvalue weighted by Crippen LogP contribution is -2.37. The molecule has 5 nitrogen and oxygen atoms in total. The first-order valence-electron chi connectivity index (χ1n) is 8.16. The topological polar surface area (TPSA) is 55.3 Å². The van der Waals surface area contributed by atoms with Gasteiger partial charge >= 0.3 is 0 Å². The third kappa shape index (κ3) is 4.79. The molecule has 2 heterocycles. The van der Waals surface area contributed by atoms with Crippen molar-refractivity contribution in [3.63, 3.8) is 0 Å². The van der Waals surface area contributed by atoms with Crippen LogP contribution in [0.25, 0.3) is 0 Å². The highest BCUT2D eigenvalue weighted by atomic mass is 19.2. The number of hydrogen-bond donors (Lipinski definition) is 0.